The minimum absolute atomic E-state index is 0.635. The smallest absolute Gasteiger partial charge is 0.203 e. The van der Waals surface area contributed by atoms with E-state index in [-0.39, 0.29) is 0 Å². The number of hydrogen-bond acceptors (Lipinski definition) is 5. The molecule has 0 N–H and O–H groups in total. The average molecular weight is 363 g/mol. The van der Waals surface area contributed by atoms with Crippen molar-refractivity contribution in [2.75, 3.05) is 41.1 Å². The molecule has 1 atom stereocenters. The molecule has 0 aromatic heterocycles. The SMILES string of the molecule is COc1ccc(CN(C[C@H]2CCCOC2)C2CCCC2)c(OC)c1OC. The summed E-state index contributed by atoms with van der Waals surface area (Å²) in [4.78, 5) is 2.65. The van der Waals surface area contributed by atoms with Crippen LogP contribution in [-0.4, -0.2) is 52.0 Å². The molecule has 0 radical (unpaired) electrons. The highest BCUT2D eigenvalue weighted by Crippen LogP contribution is 2.41. The molecule has 1 aromatic rings. The van der Waals surface area contributed by atoms with Crippen LogP contribution in [0.3, 0.4) is 0 Å². The molecular formula is C21H33NO4. The van der Waals surface area contributed by atoms with Crippen molar-refractivity contribution < 1.29 is 18.9 Å². The summed E-state index contributed by atoms with van der Waals surface area (Å²) in [6, 6.07) is 4.75. The predicted molar refractivity (Wildman–Crippen MR) is 102 cm³/mol. The van der Waals surface area contributed by atoms with E-state index in [9.17, 15) is 0 Å². The summed E-state index contributed by atoms with van der Waals surface area (Å²) in [7, 11) is 5.03. The Morgan fingerprint density at radius 2 is 1.73 bits per heavy atom. The fraction of sp³-hybridized carbons (Fsp3) is 0.714. The Hall–Kier alpha value is -1.46. The summed E-state index contributed by atoms with van der Waals surface area (Å²) in [5, 5.41) is 0. The number of rotatable bonds is 8. The van der Waals surface area contributed by atoms with E-state index < -0.39 is 0 Å². The van der Waals surface area contributed by atoms with Gasteiger partial charge in [-0.25, -0.2) is 0 Å². The summed E-state index contributed by atoms with van der Waals surface area (Å²) >= 11 is 0. The number of hydrogen-bond donors (Lipinski definition) is 0. The normalized spacial score (nSPS) is 21.2. The fourth-order valence-corrected chi connectivity index (χ4v) is 4.40. The van der Waals surface area contributed by atoms with Crippen molar-refractivity contribution in [2.45, 2.75) is 51.1 Å². The van der Waals surface area contributed by atoms with E-state index in [4.69, 9.17) is 18.9 Å². The van der Waals surface area contributed by atoms with Crippen molar-refractivity contribution in [2.24, 2.45) is 5.92 Å². The van der Waals surface area contributed by atoms with Gasteiger partial charge in [-0.1, -0.05) is 18.9 Å². The maximum atomic E-state index is 5.72. The van der Waals surface area contributed by atoms with Crippen LogP contribution in [0.4, 0.5) is 0 Å². The first-order chi connectivity index (χ1) is 12.8. The minimum atomic E-state index is 0.635. The molecule has 0 amide bonds. The van der Waals surface area contributed by atoms with E-state index in [1.807, 2.05) is 6.07 Å². The molecule has 1 aromatic carbocycles. The van der Waals surface area contributed by atoms with Crippen molar-refractivity contribution >= 4 is 0 Å². The monoisotopic (exact) mass is 363 g/mol. The summed E-state index contributed by atoms with van der Waals surface area (Å²) in [5.41, 5.74) is 1.16. The molecule has 1 saturated heterocycles. The van der Waals surface area contributed by atoms with Gasteiger partial charge in [-0.3, -0.25) is 4.90 Å². The van der Waals surface area contributed by atoms with Crippen molar-refractivity contribution in [3.8, 4) is 17.2 Å². The maximum Gasteiger partial charge on any atom is 0.203 e. The zero-order valence-electron chi connectivity index (χ0n) is 16.5. The van der Waals surface area contributed by atoms with Crippen LogP contribution in [0.15, 0.2) is 12.1 Å². The Morgan fingerprint density at radius 1 is 0.962 bits per heavy atom. The molecule has 2 aliphatic rings. The number of benzene rings is 1. The zero-order chi connectivity index (χ0) is 18.4. The molecule has 0 spiro atoms. The molecule has 1 aliphatic carbocycles. The van der Waals surface area contributed by atoms with E-state index in [2.05, 4.69) is 11.0 Å². The molecule has 1 saturated carbocycles. The minimum Gasteiger partial charge on any atom is -0.493 e. The van der Waals surface area contributed by atoms with Crippen molar-refractivity contribution in [3.05, 3.63) is 17.7 Å². The van der Waals surface area contributed by atoms with Gasteiger partial charge >= 0.3 is 0 Å². The standard InChI is InChI=1S/C21H33NO4/c1-23-19-11-10-17(20(24-2)21(19)25-3)14-22(18-8-4-5-9-18)13-16-7-6-12-26-15-16/h10-11,16,18H,4-9,12-15H2,1-3H3/t16-/m1/s1. The lowest BCUT2D eigenvalue weighted by Gasteiger charge is -2.34. The highest BCUT2D eigenvalue weighted by Gasteiger charge is 2.28. The quantitative estimate of drug-likeness (QED) is 0.701. The van der Waals surface area contributed by atoms with Crippen LogP contribution in [-0.2, 0) is 11.3 Å². The van der Waals surface area contributed by atoms with Crippen LogP contribution in [0.5, 0.6) is 17.2 Å². The molecule has 1 aliphatic heterocycles. The van der Waals surface area contributed by atoms with Crippen molar-refractivity contribution in [1.82, 2.24) is 4.90 Å². The van der Waals surface area contributed by atoms with Crippen LogP contribution in [0.2, 0.25) is 0 Å². The van der Waals surface area contributed by atoms with Gasteiger partial charge in [0.25, 0.3) is 0 Å². The molecule has 1 heterocycles. The molecule has 5 nitrogen and oxygen atoms in total. The third kappa shape index (κ3) is 4.44. The summed E-state index contributed by atoms with van der Waals surface area (Å²) in [6.45, 7) is 3.79. The molecular weight excluding hydrogens is 330 g/mol. The second kappa shape index (κ2) is 9.47. The summed E-state index contributed by atoms with van der Waals surface area (Å²) in [6.07, 6.45) is 7.72. The highest BCUT2D eigenvalue weighted by atomic mass is 16.5. The molecule has 0 unspecified atom stereocenters. The van der Waals surface area contributed by atoms with Crippen LogP contribution in [0.25, 0.3) is 0 Å². The van der Waals surface area contributed by atoms with Crippen molar-refractivity contribution in [3.63, 3.8) is 0 Å². The Morgan fingerprint density at radius 3 is 2.35 bits per heavy atom. The third-order valence-electron chi connectivity index (χ3n) is 5.75. The molecule has 2 fully saturated rings. The Kier molecular flexibility index (Phi) is 7.03. The van der Waals surface area contributed by atoms with Crippen LogP contribution in [0, 0.1) is 5.92 Å². The lowest BCUT2D eigenvalue weighted by atomic mass is 9.99. The Bertz CT molecular complexity index is 565. The number of methoxy groups -OCH3 is 3. The predicted octanol–water partition coefficient (Wildman–Crippen LogP) is 3.88. The summed E-state index contributed by atoms with van der Waals surface area (Å²) < 4.78 is 22.4. The van der Waals surface area contributed by atoms with Crippen molar-refractivity contribution in [1.29, 1.82) is 0 Å². The maximum absolute atomic E-state index is 5.72. The van der Waals surface area contributed by atoms with Gasteiger partial charge < -0.3 is 18.9 Å². The van der Waals surface area contributed by atoms with Gasteiger partial charge in [0.1, 0.15) is 0 Å². The lowest BCUT2D eigenvalue weighted by molar-refractivity contribution is 0.0291. The number of nitrogens with zero attached hydrogens (tertiary/aromatic N) is 1. The van der Waals surface area contributed by atoms with E-state index in [1.165, 1.54) is 38.5 Å². The summed E-state index contributed by atoms with van der Waals surface area (Å²) in [5.74, 6) is 2.81. The van der Waals surface area contributed by atoms with Gasteiger partial charge in [-0.15, -0.1) is 0 Å². The third-order valence-corrected chi connectivity index (χ3v) is 5.75. The first-order valence-corrected chi connectivity index (χ1v) is 9.86. The molecule has 26 heavy (non-hydrogen) atoms. The first-order valence-electron chi connectivity index (χ1n) is 9.86. The molecule has 146 valence electrons. The van der Waals surface area contributed by atoms with Crippen LogP contribution < -0.4 is 14.2 Å². The number of ether oxygens (including phenoxy) is 4. The Labute approximate surface area is 157 Å². The molecule has 0 bridgehead atoms. The molecule has 3 rings (SSSR count). The van der Waals surface area contributed by atoms with Crippen LogP contribution in [0.1, 0.15) is 44.1 Å². The Balaban J connectivity index is 1.81. The van der Waals surface area contributed by atoms with E-state index in [0.717, 1.165) is 37.6 Å². The van der Waals surface area contributed by atoms with Gasteiger partial charge in [0, 0.05) is 31.3 Å². The average Bonchev–Trinajstić information content (AvgIpc) is 3.22. The van der Waals surface area contributed by atoms with Crippen LogP contribution >= 0.6 is 0 Å². The first kappa shape index (κ1) is 19.3. The van der Waals surface area contributed by atoms with Gasteiger partial charge in [0.05, 0.1) is 27.9 Å². The fourth-order valence-electron chi connectivity index (χ4n) is 4.40. The van der Waals surface area contributed by atoms with Gasteiger partial charge in [0.15, 0.2) is 11.5 Å². The lowest BCUT2D eigenvalue weighted by Crippen LogP contribution is -2.39. The largest absolute Gasteiger partial charge is 0.493 e. The second-order valence-corrected chi connectivity index (χ2v) is 7.44. The van der Waals surface area contributed by atoms with Gasteiger partial charge in [-0.2, -0.15) is 0 Å². The van der Waals surface area contributed by atoms with Gasteiger partial charge in [0.2, 0.25) is 5.75 Å². The molecule has 5 heteroatoms. The van der Waals surface area contributed by atoms with E-state index in [0.29, 0.717) is 23.5 Å². The second-order valence-electron chi connectivity index (χ2n) is 7.44. The topological polar surface area (TPSA) is 40.2 Å². The highest BCUT2D eigenvalue weighted by molar-refractivity contribution is 5.55. The zero-order valence-corrected chi connectivity index (χ0v) is 16.5. The van der Waals surface area contributed by atoms with E-state index >= 15 is 0 Å². The van der Waals surface area contributed by atoms with E-state index in [1.54, 1.807) is 21.3 Å². The van der Waals surface area contributed by atoms with Gasteiger partial charge in [-0.05, 0) is 37.7 Å².